The highest BCUT2D eigenvalue weighted by Gasteiger charge is 2.28. The Morgan fingerprint density at radius 2 is 1.49 bits per heavy atom. The van der Waals surface area contributed by atoms with Gasteiger partial charge in [-0.3, -0.25) is 14.6 Å². The maximum absolute atomic E-state index is 13.2. The number of nitrogens with two attached hydrogens (primary N) is 3. The molecule has 2 aromatic carbocycles. The average molecular weight is 503 g/mol. The summed E-state index contributed by atoms with van der Waals surface area (Å²) in [5.41, 5.74) is 18.6. The molecule has 0 heterocycles. The van der Waals surface area contributed by atoms with Gasteiger partial charge < -0.3 is 32.9 Å². The third-order valence-corrected chi connectivity index (χ3v) is 5.78. The number of carbonyl (C=O) groups excluding carboxylic acids is 2. The van der Waals surface area contributed by atoms with Crippen molar-refractivity contribution in [3.63, 3.8) is 0 Å². The monoisotopic (exact) mass is 502 g/mol. The number of aliphatic imine (C=N–C) groups is 1. The van der Waals surface area contributed by atoms with Crippen LogP contribution in [0.4, 0.5) is 0 Å². The summed E-state index contributed by atoms with van der Waals surface area (Å²) in [6, 6.07) is 16.4. The number of alkyl halides is 1. The summed E-state index contributed by atoms with van der Waals surface area (Å²) >= 11 is 5.85. The molecular formula is C25H35ClN6O3. The van der Waals surface area contributed by atoms with Crippen LogP contribution < -0.4 is 27.8 Å². The molecule has 10 heteroatoms. The predicted octanol–water partition coefficient (Wildman–Crippen LogP) is 0.422. The molecule has 0 aliphatic carbocycles. The SMILES string of the molecule is NC(N)=NCCC[C@H](NC(=O)[C@H](Cc1ccccc1)NC(=O)[C@@H](N)Cc1ccccc1)[C@H](O)CCl. The normalized spacial score (nSPS) is 14.3. The smallest absolute Gasteiger partial charge is 0.243 e. The third-order valence-electron chi connectivity index (χ3n) is 5.47. The van der Waals surface area contributed by atoms with Crippen molar-refractivity contribution in [1.82, 2.24) is 10.6 Å². The number of guanidine groups is 1. The van der Waals surface area contributed by atoms with Crippen molar-refractivity contribution in [2.45, 2.75) is 49.9 Å². The standard InChI is InChI=1S/C25H35ClN6O3/c26-16-22(33)20(12-7-13-30-25(28)29)31-24(35)21(15-18-10-5-2-6-11-18)32-23(34)19(27)14-17-8-3-1-4-9-17/h1-6,8-11,19-22,33H,7,12-16,27H2,(H,31,35)(H,32,34)(H4,28,29,30)/t19-,20-,21-,22+/m0/s1. The lowest BCUT2D eigenvalue weighted by Gasteiger charge is -2.27. The van der Waals surface area contributed by atoms with Crippen LogP contribution in [0.5, 0.6) is 0 Å². The number of benzene rings is 2. The molecule has 0 aromatic heterocycles. The zero-order chi connectivity index (χ0) is 25.6. The van der Waals surface area contributed by atoms with Crippen molar-refractivity contribution in [3.8, 4) is 0 Å². The quantitative estimate of drug-likeness (QED) is 0.0946. The maximum atomic E-state index is 13.2. The van der Waals surface area contributed by atoms with E-state index >= 15 is 0 Å². The summed E-state index contributed by atoms with van der Waals surface area (Å²) in [5.74, 6) is -0.969. The van der Waals surface area contributed by atoms with Gasteiger partial charge >= 0.3 is 0 Å². The van der Waals surface area contributed by atoms with Gasteiger partial charge in [0.2, 0.25) is 11.8 Å². The van der Waals surface area contributed by atoms with Crippen LogP contribution in [-0.2, 0) is 22.4 Å². The second-order valence-electron chi connectivity index (χ2n) is 8.33. The molecule has 0 radical (unpaired) electrons. The largest absolute Gasteiger partial charge is 0.390 e. The van der Waals surface area contributed by atoms with Gasteiger partial charge in [0.1, 0.15) is 6.04 Å². The van der Waals surface area contributed by atoms with Crippen molar-refractivity contribution < 1.29 is 14.7 Å². The molecular weight excluding hydrogens is 468 g/mol. The van der Waals surface area contributed by atoms with Crippen LogP contribution >= 0.6 is 11.6 Å². The Morgan fingerprint density at radius 1 is 0.914 bits per heavy atom. The van der Waals surface area contributed by atoms with E-state index in [1.54, 1.807) is 0 Å². The Hall–Kier alpha value is -3.14. The van der Waals surface area contributed by atoms with Crippen LogP contribution in [0.15, 0.2) is 65.7 Å². The highest BCUT2D eigenvalue weighted by molar-refractivity contribution is 6.18. The van der Waals surface area contributed by atoms with Crippen LogP contribution in [0.1, 0.15) is 24.0 Å². The predicted molar refractivity (Wildman–Crippen MR) is 139 cm³/mol. The van der Waals surface area contributed by atoms with Gasteiger partial charge in [-0.25, -0.2) is 0 Å². The molecule has 2 amide bonds. The van der Waals surface area contributed by atoms with Gasteiger partial charge in [0.25, 0.3) is 0 Å². The lowest BCUT2D eigenvalue weighted by Crippen LogP contribution is -2.56. The lowest BCUT2D eigenvalue weighted by atomic mass is 10.0. The minimum Gasteiger partial charge on any atom is -0.390 e. The molecule has 0 aliphatic rings. The Bertz CT molecular complexity index is 941. The Morgan fingerprint density at radius 3 is 2.03 bits per heavy atom. The van der Waals surface area contributed by atoms with Crippen molar-refractivity contribution >= 4 is 29.4 Å². The van der Waals surface area contributed by atoms with E-state index in [1.807, 2.05) is 60.7 Å². The minimum atomic E-state index is -0.978. The molecule has 2 rings (SSSR count). The van der Waals surface area contributed by atoms with Crippen LogP contribution in [0, 0.1) is 0 Å². The van der Waals surface area contributed by atoms with Gasteiger partial charge in [-0.1, -0.05) is 60.7 Å². The van der Waals surface area contributed by atoms with E-state index in [0.717, 1.165) is 11.1 Å². The number of aliphatic hydroxyl groups is 1. The number of amides is 2. The van der Waals surface area contributed by atoms with E-state index in [-0.39, 0.29) is 18.3 Å². The summed E-state index contributed by atoms with van der Waals surface area (Å²) in [4.78, 5) is 30.0. The van der Waals surface area contributed by atoms with Gasteiger partial charge in [-0.15, -0.1) is 11.6 Å². The molecule has 0 spiro atoms. The number of nitrogens with one attached hydrogen (secondary N) is 2. The lowest BCUT2D eigenvalue weighted by molar-refractivity contribution is -0.130. The Labute approximate surface area is 211 Å². The summed E-state index contributed by atoms with van der Waals surface area (Å²) in [6.45, 7) is 0.349. The number of halogens is 1. The average Bonchev–Trinajstić information content (AvgIpc) is 2.85. The summed E-state index contributed by atoms with van der Waals surface area (Å²) in [5, 5.41) is 16.0. The van der Waals surface area contributed by atoms with Crippen LogP contribution in [0.2, 0.25) is 0 Å². The Kier molecular flexibility index (Phi) is 12.0. The fraction of sp³-hybridized carbons (Fsp3) is 0.400. The summed E-state index contributed by atoms with van der Waals surface area (Å²) in [6.07, 6.45) is 0.539. The summed E-state index contributed by atoms with van der Waals surface area (Å²) in [7, 11) is 0. The van der Waals surface area contributed by atoms with Gasteiger partial charge in [0.05, 0.1) is 24.1 Å². The number of hydrogen-bond acceptors (Lipinski definition) is 5. The van der Waals surface area contributed by atoms with Crippen molar-refractivity contribution in [2.75, 3.05) is 12.4 Å². The second-order valence-corrected chi connectivity index (χ2v) is 8.64. The maximum Gasteiger partial charge on any atom is 0.243 e. The zero-order valence-electron chi connectivity index (χ0n) is 19.6. The molecule has 9 N–H and O–H groups in total. The van der Waals surface area contributed by atoms with E-state index in [2.05, 4.69) is 15.6 Å². The first-order valence-electron chi connectivity index (χ1n) is 11.5. The molecule has 9 nitrogen and oxygen atoms in total. The first-order valence-corrected chi connectivity index (χ1v) is 12.1. The van der Waals surface area contributed by atoms with Crippen molar-refractivity contribution in [1.29, 1.82) is 0 Å². The molecule has 0 fully saturated rings. The van der Waals surface area contributed by atoms with E-state index in [4.69, 9.17) is 28.8 Å². The zero-order valence-corrected chi connectivity index (χ0v) is 20.4. The van der Waals surface area contributed by atoms with E-state index in [9.17, 15) is 14.7 Å². The molecule has 0 bridgehead atoms. The van der Waals surface area contributed by atoms with Gasteiger partial charge in [-0.2, -0.15) is 0 Å². The first-order chi connectivity index (χ1) is 16.8. The van der Waals surface area contributed by atoms with Gasteiger partial charge in [0.15, 0.2) is 5.96 Å². The first kappa shape index (κ1) is 28.1. The van der Waals surface area contributed by atoms with Crippen molar-refractivity contribution in [3.05, 3.63) is 71.8 Å². The molecule has 2 aromatic rings. The summed E-state index contributed by atoms with van der Waals surface area (Å²) < 4.78 is 0. The molecule has 190 valence electrons. The van der Waals surface area contributed by atoms with Crippen LogP contribution in [0.3, 0.4) is 0 Å². The minimum absolute atomic E-state index is 0.0269. The van der Waals surface area contributed by atoms with Crippen LogP contribution in [-0.4, -0.2) is 59.5 Å². The Balaban J connectivity index is 2.10. The van der Waals surface area contributed by atoms with E-state index in [1.165, 1.54) is 0 Å². The van der Waals surface area contributed by atoms with Crippen LogP contribution in [0.25, 0.3) is 0 Å². The van der Waals surface area contributed by atoms with E-state index in [0.29, 0.717) is 25.8 Å². The van der Waals surface area contributed by atoms with Crippen molar-refractivity contribution in [2.24, 2.45) is 22.2 Å². The topological polar surface area (TPSA) is 169 Å². The number of rotatable bonds is 14. The molecule has 4 atom stereocenters. The van der Waals surface area contributed by atoms with Gasteiger partial charge in [0, 0.05) is 13.0 Å². The van der Waals surface area contributed by atoms with E-state index < -0.39 is 36.0 Å². The fourth-order valence-corrected chi connectivity index (χ4v) is 3.78. The molecule has 35 heavy (non-hydrogen) atoms. The molecule has 0 unspecified atom stereocenters. The van der Waals surface area contributed by atoms with Gasteiger partial charge in [-0.05, 0) is 30.4 Å². The highest BCUT2D eigenvalue weighted by atomic mass is 35.5. The number of aliphatic hydroxyl groups excluding tert-OH is 1. The fourth-order valence-electron chi connectivity index (χ4n) is 3.57. The third kappa shape index (κ3) is 10.3. The number of hydrogen-bond donors (Lipinski definition) is 6. The number of nitrogens with zero attached hydrogens (tertiary/aromatic N) is 1. The second kappa shape index (κ2) is 15.0. The molecule has 0 aliphatic heterocycles. The highest BCUT2D eigenvalue weighted by Crippen LogP contribution is 2.09. The molecule has 0 saturated heterocycles. The number of carbonyl (C=O) groups is 2. The molecule has 0 saturated carbocycles.